The Morgan fingerprint density at radius 1 is 1.32 bits per heavy atom. The van der Waals surface area contributed by atoms with Crippen molar-refractivity contribution < 1.29 is 17.7 Å². The maximum atomic E-state index is 12.3. The van der Waals surface area contributed by atoms with E-state index >= 15 is 0 Å². The van der Waals surface area contributed by atoms with Crippen molar-refractivity contribution in [1.29, 1.82) is 0 Å². The highest BCUT2D eigenvalue weighted by atomic mass is 32.2. The molecule has 3 rings (SSSR count). The number of aromatic nitrogens is 2. The quantitative estimate of drug-likeness (QED) is 0.796. The molecule has 8 heteroatoms. The van der Waals surface area contributed by atoms with Crippen LogP contribution in [0.1, 0.15) is 25.1 Å². The van der Waals surface area contributed by atoms with E-state index < -0.39 is 10.0 Å². The predicted octanol–water partition coefficient (Wildman–Crippen LogP) is 0.855. The number of sulfonamides is 1. The highest BCUT2D eigenvalue weighted by molar-refractivity contribution is 7.89. The van der Waals surface area contributed by atoms with Gasteiger partial charge in [0.15, 0.2) is 5.82 Å². The molecule has 3 atom stereocenters. The van der Waals surface area contributed by atoms with E-state index in [0.29, 0.717) is 56.8 Å². The molecule has 2 aliphatic heterocycles. The van der Waals surface area contributed by atoms with E-state index in [4.69, 9.17) is 9.26 Å². The zero-order valence-electron chi connectivity index (χ0n) is 13.1. The summed E-state index contributed by atoms with van der Waals surface area (Å²) in [7, 11) is -3.13. The first-order chi connectivity index (χ1) is 10.5. The van der Waals surface area contributed by atoms with Gasteiger partial charge in [0.05, 0.1) is 19.0 Å². The molecule has 0 aromatic carbocycles. The smallest absolute Gasteiger partial charge is 0.227 e. The van der Waals surface area contributed by atoms with Gasteiger partial charge in [-0.2, -0.15) is 4.98 Å². The molecule has 2 aliphatic rings. The van der Waals surface area contributed by atoms with E-state index in [1.54, 1.807) is 11.2 Å². The van der Waals surface area contributed by atoms with Crippen LogP contribution in [0.15, 0.2) is 4.52 Å². The molecule has 124 valence electrons. The Hall–Kier alpha value is -0.990. The molecule has 0 N–H and O–H groups in total. The third kappa shape index (κ3) is 3.18. The second-order valence-electron chi connectivity index (χ2n) is 6.29. The van der Waals surface area contributed by atoms with Crippen LogP contribution in [-0.2, 0) is 21.2 Å². The van der Waals surface area contributed by atoms with Gasteiger partial charge in [0, 0.05) is 25.4 Å². The van der Waals surface area contributed by atoms with Crippen LogP contribution in [0.2, 0.25) is 0 Å². The van der Waals surface area contributed by atoms with Crippen LogP contribution in [0.4, 0.5) is 0 Å². The first-order valence-corrected chi connectivity index (χ1v) is 9.45. The second kappa shape index (κ2) is 6.25. The molecule has 0 saturated carbocycles. The van der Waals surface area contributed by atoms with Gasteiger partial charge in [-0.25, -0.2) is 12.7 Å². The summed E-state index contributed by atoms with van der Waals surface area (Å²) in [5, 5.41) is 3.81. The van der Waals surface area contributed by atoms with Crippen molar-refractivity contribution in [2.24, 2.45) is 17.8 Å². The van der Waals surface area contributed by atoms with Gasteiger partial charge in [0.25, 0.3) is 0 Å². The van der Waals surface area contributed by atoms with E-state index in [9.17, 15) is 8.42 Å². The number of ether oxygens (including phenoxy) is 1. The Labute approximate surface area is 131 Å². The Balaban J connectivity index is 1.70. The summed E-state index contributed by atoms with van der Waals surface area (Å²) in [5.41, 5.74) is 0. The second-order valence-corrected chi connectivity index (χ2v) is 8.38. The number of fused-ring (bicyclic) bond motifs is 1. The van der Waals surface area contributed by atoms with E-state index in [1.165, 1.54) is 0 Å². The van der Waals surface area contributed by atoms with E-state index in [1.807, 2.05) is 6.92 Å². The summed E-state index contributed by atoms with van der Waals surface area (Å²) < 4.78 is 37.1. The largest absolute Gasteiger partial charge is 0.381 e. The molecule has 22 heavy (non-hydrogen) atoms. The molecule has 1 aromatic rings. The van der Waals surface area contributed by atoms with Crippen molar-refractivity contribution in [2.45, 2.75) is 26.7 Å². The highest BCUT2D eigenvalue weighted by Gasteiger charge is 2.44. The van der Waals surface area contributed by atoms with Crippen LogP contribution in [0.5, 0.6) is 0 Å². The van der Waals surface area contributed by atoms with Crippen molar-refractivity contribution >= 4 is 10.0 Å². The van der Waals surface area contributed by atoms with E-state index in [2.05, 4.69) is 10.1 Å². The molecule has 0 amide bonds. The van der Waals surface area contributed by atoms with Crippen molar-refractivity contribution in [2.75, 3.05) is 32.1 Å². The number of rotatable bonds is 5. The number of aryl methyl sites for hydroxylation is 1. The average Bonchev–Trinajstić information content (AvgIpc) is 3.06. The Morgan fingerprint density at radius 3 is 2.82 bits per heavy atom. The molecule has 0 aliphatic carbocycles. The third-order valence-corrected chi connectivity index (χ3v) is 6.60. The minimum Gasteiger partial charge on any atom is -0.381 e. The highest BCUT2D eigenvalue weighted by Crippen LogP contribution is 2.36. The topological polar surface area (TPSA) is 85.5 Å². The van der Waals surface area contributed by atoms with Gasteiger partial charge in [0.2, 0.25) is 15.9 Å². The van der Waals surface area contributed by atoms with Gasteiger partial charge < -0.3 is 9.26 Å². The van der Waals surface area contributed by atoms with Crippen molar-refractivity contribution in [3.05, 3.63) is 11.7 Å². The number of hydrogen-bond acceptors (Lipinski definition) is 6. The fraction of sp³-hybridized carbons (Fsp3) is 0.857. The lowest BCUT2D eigenvalue weighted by Crippen LogP contribution is -2.36. The molecule has 7 nitrogen and oxygen atoms in total. The molecule has 2 fully saturated rings. The molecule has 0 spiro atoms. The lowest BCUT2D eigenvalue weighted by molar-refractivity contribution is -0.0110. The van der Waals surface area contributed by atoms with Gasteiger partial charge in [-0.3, -0.25) is 0 Å². The van der Waals surface area contributed by atoms with Gasteiger partial charge in [-0.1, -0.05) is 12.1 Å². The first-order valence-electron chi connectivity index (χ1n) is 7.84. The molecule has 0 bridgehead atoms. The van der Waals surface area contributed by atoms with Crippen LogP contribution < -0.4 is 0 Å². The SMILES string of the molecule is CCCS(=O)(=O)N1C[C@H]2COC[C@@H](Cc3nc(C)no3)[C@H]2C1. The maximum absolute atomic E-state index is 12.3. The number of hydrogen-bond donors (Lipinski definition) is 0. The normalized spacial score (nSPS) is 29.6. The van der Waals surface area contributed by atoms with Crippen LogP contribution in [0.25, 0.3) is 0 Å². The summed E-state index contributed by atoms with van der Waals surface area (Å²) >= 11 is 0. The zero-order chi connectivity index (χ0) is 15.7. The summed E-state index contributed by atoms with van der Waals surface area (Å²) in [6.45, 7) is 6.12. The van der Waals surface area contributed by atoms with Crippen molar-refractivity contribution in [3.63, 3.8) is 0 Å². The van der Waals surface area contributed by atoms with Crippen molar-refractivity contribution in [3.8, 4) is 0 Å². The lowest BCUT2D eigenvalue weighted by Gasteiger charge is -2.32. The minimum atomic E-state index is -3.13. The standard InChI is InChI=1S/C14H23N3O4S/c1-3-4-22(18,19)17-6-12-9-20-8-11(13(12)7-17)5-14-15-10(2)16-21-14/h11-13H,3-9H2,1-2H3/t11-,12+,13-/m1/s1. The number of nitrogens with zero attached hydrogens (tertiary/aromatic N) is 3. The van der Waals surface area contributed by atoms with Gasteiger partial charge in [-0.15, -0.1) is 0 Å². The molecule has 3 heterocycles. The average molecular weight is 329 g/mol. The Kier molecular flexibility index (Phi) is 4.52. The monoisotopic (exact) mass is 329 g/mol. The third-order valence-electron chi connectivity index (χ3n) is 4.59. The molecular formula is C14H23N3O4S. The molecule has 1 aromatic heterocycles. The van der Waals surface area contributed by atoms with Gasteiger partial charge in [-0.05, 0) is 25.2 Å². The fourth-order valence-electron chi connectivity index (χ4n) is 3.53. The fourth-order valence-corrected chi connectivity index (χ4v) is 5.12. The predicted molar refractivity (Wildman–Crippen MR) is 79.7 cm³/mol. The summed E-state index contributed by atoms with van der Waals surface area (Å²) in [6, 6.07) is 0. The van der Waals surface area contributed by atoms with Gasteiger partial charge >= 0.3 is 0 Å². The van der Waals surface area contributed by atoms with Crippen LogP contribution in [-0.4, -0.2) is 54.9 Å². The molecule has 0 radical (unpaired) electrons. The zero-order valence-corrected chi connectivity index (χ0v) is 13.9. The van der Waals surface area contributed by atoms with E-state index in [0.717, 1.165) is 0 Å². The molecule has 2 saturated heterocycles. The minimum absolute atomic E-state index is 0.223. The summed E-state index contributed by atoms with van der Waals surface area (Å²) in [5.74, 6) is 2.28. The Bertz CT molecular complexity index is 615. The first kappa shape index (κ1) is 15.9. The van der Waals surface area contributed by atoms with Crippen LogP contribution >= 0.6 is 0 Å². The lowest BCUT2D eigenvalue weighted by atomic mass is 9.81. The van der Waals surface area contributed by atoms with Crippen LogP contribution in [0.3, 0.4) is 0 Å². The molecular weight excluding hydrogens is 306 g/mol. The van der Waals surface area contributed by atoms with Gasteiger partial charge in [0.1, 0.15) is 0 Å². The summed E-state index contributed by atoms with van der Waals surface area (Å²) in [4.78, 5) is 4.25. The van der Waals surface area contributed by atoms with E-state index in [-0.39, 0.29) is 17.6 Å². The van der Waals surface area contributed by atoms with Crippen molar-refractivity contribution in [1.82, 2.24) is 14.4 Å². The summed E-state index contributed by atoms with van der Waals surface area (Å²) in [6.07, 6.45) is 1.30. The maximum Gasteiger partial charge on any atom is 0.227 e. The molecule has 0 unspecified atom stereocenters. The van der Waals surface area contributed by atoms with Crippen LogP contribution in [0, 0.1) is 24.7 Å². The Morgan fingerprint density at radius 2 is 2.14 bits per heavy atom.